The first-order chi connectivity index (χ1) is 20.7. The number of unbranched alkanes of at least 4 members (excludes halogenated alkanes) is 1. The molecule has 1 aliphatic carbocycles. The number of hydrogen-bond donors (Lipinski definition) is 3. The van der Waals surface area contributed by atoms with Crippen LogP contribution >= 0.6 is 0 Å². The Kier molecular flexibility index (Phi) is 7.78. The average molecular weight is 591 g/mol. The van der Waals surface area contributed by atoms with Gasteiger partial charge in [-0.15, -0.1) is 10.6 Å². The van der Waals surface area contributed by atoms with Crippen LogP contribution in [-0.4, -0.2) is 49.7 Å². The predicted octanol–water partition coefficient (Wildman–Crippen LogP) is 5.37. The van der Waals surface area contributed by atoms with E-state index in [1.165, 1.54) is 12.1 Å². The smallest absolute Gasteiger partial charge is 0.347 e. The number of aromatic amines is 1. The molecule has 3 N–H and O–H groups in total. The van der Waals surface area contributed by atoms with Crippen LogP contribution in [0.4, 0.5) is 13.2 Å². The molecule has 1 amide bonds. The molecule has 4 heterocycles. The number of halogens is 3. The Hall–Kier alpha value is -4.45. The van der Waals surface area contributed by atoms with Crippen molar-refractivity contribution < 1.29 is 18.0 Å². The number of amides is 1. The van der Waals surface area contributed by atoms with Gasteiger partial charge in [0.25, 0.3) is 5.91 Å². The minimum Gasteiger partial charge on any atom is -0.347 e. The first-order valence-corrected chi connectivity index (χ1v) is 14.4. The summed E-state index contributed by atoms with van der Waals surface area (Å²) in [7, 11) is 1.79. The maximum absolute atomic E-state index is 13.5. The summed E-state index contributed by atoms with van der Waals surface area (Å²) in [6, 6.07) is 11.3. The fraction of sp³-hybridized carbons (Fsp3) is 0.355. The second kappa shape index (κ2) is 11.7. The molecule has 0 saturated heterocycles. The van der Waals surface area contributed by atoms with Crippen LogP contribution in [0.15, 0.2) is 60.6 Å². The summed E-state index contributed by atoms with van der Waals surface area (Å²) < 4.78 is 40.4. The van der Waals surface area contributed by atoms with E-state index in [9.17, 15) is 18.0 Å². The molecule has 0 atom stereocenters. The summed E-state index contributed by atoms with van der Waals surface area (Å²) in [6.45, 7) is 2.98. The highest BCUT2D eigenvalue weighted by atomic mass is 19.4. The van der Waals surface area contributed by atoms with E-state index in [2.05, 4.69) is 31.0 Å². The zero-order valence-electron chi connectivity index (χ0n) is 24.0. The lowest BCUT2D eigenvalue weighted by atomic mass is 9.98. The zero-order valence-corrected chi connectivity index (χ0v) is 24.0. The topological polar surface area (TPSA) is 102 Å². The zero-order chi connectivity index (χ0) is 30.1. The van der Waals surface area contributed by atoms with Gasteiger partial charge in [-0.3, -0.25) is 19.8 Å². The number of carbonyl (C=O) groups is 1. The molecule has 1 aromatic carbocycles. The van der Waals surface area contributed by atoms with Crippen molar-refractivity contribution in [2.75, 3.05) is 13.6 Å². The lowest BCUT2D eigenvalue weighted by Gasteiger charge is -2.20. The highest BCUT2D eigenvalue weighted by molar-refractivity contribution is 5.96. The molecule has 12 heteroatoms. The maximum Gasteiger partial charge on any atom is 0.416 e. The number of benzene rings is 1. The van der Waals surface area contributed by atoms with Gasteiger partial charge in [-0.1, -0.05) is 18.2 Å². The molecule has 2 aliphatic rings. The number of pyridine rings is 1. The fourth-order valence-electron chi connectivity index (χ4n) is 5.31. The quantitative estimate of drug-likeness (QED) is 0.214. The Balaban J connectivity index is 1.08. The monoisotopic (exact) mass is 590 g/mol. The van der Waals surface area contributed by atoms with Gasteiger partial charge in [0.05, 0.1) is 11.3 Å². The third-order valence-electron chi connectivity index (χ3n) is 7.76. The summed E-state index contributed by atoms with van der Waals surface area (Å²) >= 11 is 0. The first-order valence-electron chi connectivity index (χ1n) is 14.4. The molecule has 1 fully saturated rings. The maximum atomic E-state index is 13.5. The lowest BCUT2D eigenvalue weighted by molar-refractivity contribution is -0.137. The minimum absolute atomic E-state index is 0.185. The van der Waals surface area contributed by atoms with E-state index in [0.717, 1.165) is 65.3 Å². The molecule has 4 aromatic rings. The van der Waals surface area contributed by atoms with Gasteiger partial charge in [0.2, 0.25) is 0 Å². The van der Waals surface area contributed by atoms with Gasteiger partial charge in [0, 0.05) is 54.9 Å². The normalized spacial score (nSPS) is 15.3. The number of aromatic nitrogens is 4. The molecule has 1 saturated carbocycles. The SMILES string of the molecule is Cc1ccc(CNC(=O)C2=CN(CCCCc3cc4c(-c5cccc(C(F)(F)F)c5)c(C5CC5)[nH]c4nn3)NN2C)cn1. The number of likely N-dealkylation sites (N-methyl/N-ethyl adjacent to an activating group) is 1. The van der Waals surface area contributed by atoms with Gasteiger partial charge in [-0.05, 0) is 80.3 Å². The molecule has 1 aliphatic heterocycles. The molecule has 0 spiro atoms. The third-order valence-corrected chi connectivity index (χ3v) is 7.76. The van der Waals surface area contributed by atoms with E-state index in [1.54, 1.807) is 30.5 Å². The largest absolute Gasteiger partial charge is 0.416 e. The Morgan fingerprint density at radius 3 is 2.70 bits per heavy atom. The molecule has 43 heavy (non-hydrogen) atoms. The van der Waals surface area contributed by atoms with Gasteiger partial charge in [0.15, 0.2) is 5.65 Å². The summed E-state index contributed by atoms with van der Waals surface area (Å²) in [5.74, 6) is 0.114. The summed E-state index contributed by atoms with van der Waals surface area (Å²) in [5.41, 5.74) is 8.51. The Bertz CT molecular complexity index is 1660. The van der Waals surface area contributed by atoms with Crippen LogP contribution in [0.5, 0.6) is 0 Å². The van der Waals surface area contributed by atoms with Gasteiger partial charge in [-0.2, -0.15) is 18.3 Å². The van der Waals surface area contributed by atoms with Crippen LogP contribution in [0.2, 0.25) is 0 Å². The van der Waals surface area contributed by atoms with Gasteiger partial charge in [0.1, 0.15) is 5.70 Å². The summed E-state index contributed by atoms with van der Waals surface area (Å²) in [4.78, 5) is 20.3. The summed E-state index contributed by atoms with van der Waals surface area (Å²) in [5, 5.41) is 16.1. The number of nitrogens with zero attached hydrogens (tertiary/aromatic N) is 5. The summed E-state index contributed by atoms with van der Waals surface area (Å²) in [6.07, 6.45) is 3.43. The molecule has 0 bridgehead atoms. The fourth-order valence-corrected chi connectivity index (χ4v) is 5.31. The van der Waals surface area contributed by atoms with Crippen molar-refractivity contribution in [3.05, 3.63) is 88.8 Å². The second-order valence-corrected chi connectivity index (χ2v) is 11.2. The van der Waals surface area contributed by atoms with E-state index >= 15 is 0 Å². The van der Waals surface area contributed by atoms with Crippen molar-refractivity contribution in [3.8, 4) is 11.1 Å². The van der Waals surface area contributed by atoms with E-state index in [1.807, 2.05) is 30.1 Å². The molecule has 0 radical (unpaired) electrons. The second-order valence-electron chi connectivity index (χ2n) is 11.2. The van der Waals surface area contributed by atoms with Crippen LogP contribution in [0.1, 0.15) is 59.8 Å². The van der Waals surface area contributed by atoms with Crippen molar-refractivity contribution in [1.82, 2.24) is 41.0 Å². The van der Waals surface area contributed by atoms with Crippen molar-refractivity contribution in [3.63, 3.8) is 0 Å². The molecule has 9 nitrogen and oxygen atoms in total. The lowest BCUT2D eigenvalue weighted by Crippen LogP contribution is -2.40. The number of hydrazine groups is 2. The number of hydrogen-bond acceptors (Lipinski definition) is 7. The van der Waals surface area contributed by atoms with Crippen molar-refractivity contribution in [2.24, 2.45) is 0 Å². The number of rotatable bonds is 10. The van der Waals surface area contributed by atoms with Crippen LogP contribution in [0.3, 0.4) is 0 Å². The highest BCUT2D eigenvalue weighted by Gasteiger charge is 2.33. The number of alkyl halides is 3. The number of fused-ring (bicyclic) bond motifs is 1. The van der Waals surface area contributed by atoms with Gasteiger partial charge in [-0.25, -0.2) is 0 Å². The number of nitrogens with one attached hydrogen (secondary N) is 3. The standard InChI is InChI=1S/C31H33F3N8O/c1-19-9-10-20(16-35-19)17-36-30(43)26-18-42(40-41(26)2)13-4-3-8-24-15-25-27(22-6-5-7-23(14-22)31(32,33)34)28(21-11-12-21)37-29(25)39-38-24/h5-7,9-10,14-16,18,21,40H,3-4,8,11-13,17H2,1-2H3,(H,36,43)(H,37,39). The van der Waals surface area contributed by atoms with Crippen molar-refractivity contribution in [2.45, 2.75) is 57.7 Å². The molecular formula is C31H33F3N8O. The van der Waals surface area contributed by atoms with Crippen molar-refractivity contribution >= 4 is 16.9 Å². The Morgan fingerprint density at radius 1 is 1.12 bits per heavy atom. The van der Waals surface area contributed by atoms with E-state index in [0.29, 0.717) is 42.3 Å². The van der Waals surface area contributed by atoms with E-state index < -0.39 is 11.7 Å². The number of aryl methyl sites for hydroxylation is 2. The minimum atomic E-state index is -4.41. The number of H-pyrrole nitrogens is 1. The Morgan fingerprint density at radius 2 is 1.95 bits per heavy atom. The number of carbonyl (C=O) groups excluding carboxylic acids is 1. The molecule has 6 rings (SSSR count). The van der Waals surface area contributed by atoms with Gasteiger partial charge < -0.3 is 10.3 Å². The molecular weight excluding hydrogens is 557 g/mol. The van der Waals surface area contributed by atoms with Crippen molar-refractivity contribution in [1.29, 1.82) is 0 Å². The van der Waals surface area contributed by atoms with E-state index in [-0.39, 0.29) is 5.91 Å². The van der Waals surface area contributed by atoms with Gasteiger partial charge >= 0.3 is 6.18 Å². The molecule has 224 valence electrons. The molecule has 3 aromatic heterocycles. The predicted molar refractivity (Wildman–Crippen MR) is 156 cm³/mol. The van der Waals surface area contributed by atoms with Crippen LogP contribution in [-0.2, 0) is 23.9 Å². The van der Waals surface area contributed by atoms with E-state index in [4.69, 9.17) is 0 Å². The highest BCUT2D eigenvalue weighted by Crippen LogP contribution is 2.47. The first kappa shape index (κ1) is 28.7. The van der Waals surface area contributed by atoms with Crippen LogP contribution in [0.25, 0.3) is 22.2 Å². The Labute approximate surface area is 247 Å². The van der Waals surface area contributed by atoms with Crippen LogP contribution < -0.4 is 10.9 Å². The van der Waals surface area contributed by atoms with Crippen LogP contribution in [0, 0.1) is 6.92 Å². The molecule has 0 unspecified atom stereocenters. The third kappa shape index (κ3) is 6.48. The average Bonchev–Trinajstić information content (AvgIpc) is 3.66.